The number of nitrogens with zero attached hydrogens (tertiary/aromatic N) is 1. The predicted octanol–water partition coefficient (Wildman–Crippen LogP) is 3.74. The maximum absolute atomic E-state index is 12.7. The van der Waals surface area contributed by atoms with Crippen molar-refractivity contribution in [3.05, 3.63) is 69.8 Å². The van der Waals surface area contributed by atoms with Crippen molar-refractivity contribution in [2.75, 3.05) is 6.61 Å². The Morgan fingerprint density at radius 1 is 1.22 bits per heavy atom. The number of hydrogen-bond donors (Lipinski definition) is 1. The Morgan fingerprint density at radius 2 is 1.89 bits per heavy atom. The van der Waals surface area contributed by atoms with Crippen LogP contribution < -0.4 is 10.1 Å². The number of carbonyl (C=O) groups excluding carboxylic acids is 1. The third kappa shape index (κ3) is 6.28. The molecule has 144 valence electrons. The fourth-order valence-electron chi connectivity index (χ4n) is 2.41. The van der Waals surface area contributed by atoms with Gasteiger partial charge in [0.05, 0.1) is 10.5 Å². The Kier molecular flexibility index (Phi) is 6.38. The minimum Gasteiger partial charge on any atom is -0.484 e. The lowest BCUT2D eigenvalue weighted by Gasteiger charge is -2.15. The van der Waals surface area contributed by atoms with Crippen LogP contribution in [0.15, 0.2) is 48.5 Å². The normalized spacial score (nSPS) is 12.3. The highest BCUT2D eigenvalue weighted by atomic mass is 19.4. The van der Waals surface area contributed by atoms with Gasteiger partial charge < -0.3 is 10.1 Å². The number of alkyl halides is 3. The average molecular weight is 382 g/mol. The molecule has 0 saturated carbocycles. The van der Waals surface area contributed by atoms with Crippen LogP contribution in [0.1, 0.15) is 18.1 Å². The Balaban J connectivity index is 1.84. The second-order valence-corrected chi connectivity index (χ2v) is 5.91. The summed E-state index contributed by atoms with van der Waals surface area (Å²) in [5, 5.41) is 13.2. The molecule has 2 aromatic rings. The molecule has 1 N–H and O–H groups in total. The Bertz CT molecular complexity index is 807. The molecule has 0 aliphatic carbocycles. The minimum absolute atomic E-state index is 0.0958. The smallest absolute Gasteiger partial charge is 0.416 e. The number of non-ortho nitro benzene ring substituents is 1. The molecule has 0 fully saturated rings. The van der Waals surface area contributed by atoms with Crippen LogP contribution in [0.5, 0.6) is 5.75 Å². The SMILES string of the molecule is CC(Cc1cccc(C(F)(F)F)c1)NC(=O)COc1ccc([N+](=O)[O-])cc1. The number of nitrogens with one attached hydrogen (secondary N) is 1. The summed E-state index contributed by atoms with van der Waals surface area (Å²) >= 11 is 0. The molecular formula is C18H17F3N2O4. The van der Waals surface area contributed by atoms with E-state index >= 15 is 0 Å². The standard InChI is InChI=1S/C18H17F3N2O4/c1-12(9-13-3-2-4-14(10-13)18(19,20)21)22-17(24)11-27-16-7-5-15(6-8-16)23(25)26/h2-8,10,12H,9,11H2,1H3,(H,22,24). The van der Waals surface area contributed by atoms with Crippen molar-refractivity contribution in [3.8, 4) is 5.75 Å². The number of amides is 1. The number of nitro groups is 1. The van der Waals surface area contributed by atoms with Gasteiger partial charge in [-0.2, -0.15) is 13.2 Å². The fourth-order valence-corrected chi connectivity index (χ4v) is 2.41. The van der Waals surface area contributed by atoms with E-state index < -0.39 is 28.6 Å². The number of benzene rings is 2. The molecule has 0 radical (unpaired) electrons. The van der Waals surface area contributed by atoms with Gasteiger partial charge in [-0.25, -0.2) is 0 Å². The lowest BCUT2D eigenvalue weighted by molar-refractivity contribution is -0.384. The lowest BCUT2D eigenvalue weighted by Crippen LogP contribution is -2.37. The zero-order chi connectivity index (χ0) is 20.0. The summed E-state index contributed by atoms with van der Waals surface area (Å²) in [6.07, 6.45) is -4.19. The lowest BCUT2D eigenvalue weighted by atomic mass is 10.0. The molecule has 6 nitrogen and oxygen atoms in total. The number of carbonyl (C=O) groups is 1. The van der Waals surface area contributed by atoms with E-state index in [2.05, 4.69) is 5.32 Å². The second kappa shape index (κ2) is 8.52. The summed E-state index contributed by atoms with van der Waals surface area (Å²) in [7, 11) is 0. The van der Waals surface area contributed by atoms with Crippen LogP contribution >= 0.6 is 0 Å². The van der Waals surface area contributed by atoms with Gasteiger partial charge in [0.2, 0.25) is 0 Å². The number of nitro benzene ring substituents is 1. The zero-order valence-electron chi connectivity index (χ0n) is 14.3. The molecule has 27 heavy (non-hydrogen) atoms. The van der Waals surface area contributed by atoms with E-state index in [1.807, 2.05) is 0 Å². The van der Waals surface area contributed by atoms with Crippen LogP contribution in [0.2, 0.25) is 0 Å². The van der Waals surface area contributed by atoms with Gasteiger partial charge in [0, 0.05) is 18.2 Å². The zero-order valence-corrected chi connectivity index (χ0v) is 14.3. The molecule has 0 spiro atoms. The van der Waals surface area contributed by atoms with Gasteiger partial charge in [0.1, 0.15) is 5.75 Å². The highest BCUT2D eigenvalue weighted by Crippen LogP contribution is 2.29. The molecule has 2 rings (SSSR count). The number of halogens is 3. The van der Waals surface area contributed by atoms with Crippen LogP contribution in [0.25, 0.3) is 0 Å². The maximum Gasteiger partial charge on any atom is 0.416 e. The molecule has 0 aliphatic heterocycles. The van der Waals surface area contributed by atoms with Gasteiger partial charge in [-0.15, -0.1) is 0 Å². The van der Waals surface area contributed by atoms with Crippen LogP contribution in [-0.2, 0) is 17.4 Å². The van der Waals surface area contributed by atoms with Gasteiger partial charge in [0.25, 0.3) is 11.6 Å². The van der Waals surface area contributed by atoms with Crippen molar-refractivity contribution in [2.45, 2.75) is 25.6 Å². The topological polar surface area (TPSA) is 81.5 Å². The molecule has 1 unspecified atom stereocenters. The first kappa shape index (κ1) is 20.2. The van der Waals surface area contributed by atoms with Crippen LogP contribution in [0.3, 0.4) is 0 Å². The third-order valence-corrected chi connectivity index (χ3v) is 3.62. The molecule has 0 aliphatic rings. The van der Waals surface area contributed by atoms with Crippen molar-refractivity contribution in [1.82, 2.24) is 5.32 Å². The molecule has 1 amide bonds. The van der Waals surface area contributed by atoms with E-state index in [1.54, 1.807) is 13.0 Å². The number of rotatable bonds is 7. The van der Waals surface area contributed by atoms with Crippen LogP contribution in [0, 0.1) is 10.1 Å². The van der Waals surface area contributed by atoms with Crippen molar-refractivity contribution in [3.63, 3.8) is 0 Å². The molecule has 0 aromatic heterocycles. The highest BCUT2D eigenvalue weighted by Gasteiger charge is 2.30. The van der Waals surface area contributed by atoms with Crippen molar-refractivity contribution in [1.29, 1.82) is 0 Å². The van der Waals surface area contributed by atoms with E-state index in [0.29, 0.717) is 11.3 Å². The van der Waals surface area contributed by atoms with Gasteiger partial charge in [-0.1, -0.05) is 18.2 Å². The summed E-state index contributed by atoms with van der Waals surface area (Å²) in [4.78, 5) is 21.9. The summed E-state index contributed by atoms with van der Waals surface area (Å²) in [6.45, 7) is 1.36. The molecule has 1 atom stereocenters. The first-order chi connectivity index (χ1) is 12.6. The van der Waals surface area contributed by atoms with E-state index in [9.17, 15) is 28.1 Å². The molecular weight excluding hydrogens is 365 g/mol. The minimum atomic E-state index is -4.42. The Labute approximate surface area is 153 Å². The van der Waals surface area contributed by atoms with E-state index in [4.69, 9.17) is 4.74 Å². The average Bonchev–Trinajstić information content (AvgIpc) is 2.59. The first-order valence-corrected chi connectivity index (χ1v) is 7.98. The van der Waals surface area contributed by atoms with Gasteiger partial charge in [-0.05, 0) is 37.1 Å². The van der Waals surface area contributed by atoms with Gasteiger partial charge in [0.15, 0.2) is 6.61 Å². The van der Waals surface area contributed by atoms with Gasteiger partial charge >= 0.3 is 6.18 Å². The summed E-state index contributed by atoms with van der Waals surface area (Å²) in [5.41, 5.74) is -0.379. The molecule has 2 aromatic carbocycles. The summed E-state index contributed by atoms with van der Waals surface area (Å²) < 4.78 is 43.4. The number of hydrogen-bond acceptors (Lipinski definition) is 4. The third-order valence-electron chi connectivity index (χ3n) is 3.62. The quantitative estimate of drug-likeness (QED) is 0.584. The Morgan fingerprint density at radius 3 is 2.48 bits per heavy atom. The highest BCUT2D eigenvalue weighted by molar-refractivity contribution is 5.77. The van der Waals surface area contributed by atoms with Crippen LogP contribution in [0.4, 0.5) is 18.9 Å². The van der Waals surface area contributed by atoms with E-state index in [1.165, 1.54) is 30.3 Å². The van der Waals surface area contributed by atoms with Gasteiger partial charge in [-0.3, -0.25) is 14.9 Å². The summed E-state index contributed by atoms with van der Waals surface area (Å²) in [6, 6.07) is 9.78. The number of ether oxygens (including phenoxy) is 1. The van der Waals surface area contributed by atoms with Crippen molar-refractivity contribution >= 4 is 11.6 Å². The Hall–Kier alpha value is -3.10. The fraction of sp³-hybridized carbons (Fsp3) is 0.278. The van der Waals surface area contributed by atoms with Crippen LogP contribution in [-0.4, -0.2) is 23.5 Å². The van der Waals surface area contributed by atoms with E-state index in [0.717, 1.165) is 12.1 Å². The molecule has 0 bridgehead atoms. The van der Waals surface area contributed by atoms with Crippen molar-refractivity contribution < 1.29 is 27.6 Å². The second-order valence-electron chi connectivity index (χ2n) is 5.91. The molecule has 0 saturated heterocycles. The largest absolute Gasteiger partial charge is 0.484 e. The molecule has 0 heterocycles. The van der Waals surface area contributed by atoms with Crippen molar-refractivity contribution in [2.24, 2.45) is 0 Å². The first-order valence-electron chi connectivity index (χ1n) is 7.98. The monoisotopic (exact) mass is 382 g/mol. The molecule has 9 heteroatoms. The predicted molar refractivity (Wildman–Crippen MR) is 91.3 cm³/mol. The summed E-state index contributed by atoms with van der Waals surface area (Å²) in [5.74, 6) is -0.158. The van der Waals surface area contributed by atoms with E-state index in [-0.39, 0.29) is 18.7 Å². The maximum atomic E-state index is 12.7.